The van der Waals surface area contributed by atoms with Gasteiger partial charge in [-0.3, -0.25) is 24.6 Å². The van der Waals surface area contributed by atoms with Gasteiger partial charge in [0.1, 0.15) is 0 Å². The summed E-state index contributed by atoms with van der Waals surface area (Å²) in [5.74, 6) is -0.513. The summed E-state index contributed by atoms with van der Waals surface area (Å²) in [4.78, 5) is 38.6. The summed E-state index contributed by atoms with van der Waals surface area (Å²) in [7, 11) is 0. The Morgan fingerprint density at radius 3 is 2.43 bits per heavy atom. The maximum Gasteiger partial charge on any atom is 0.269 e. The lowest BCUT2D eigenvalue weighted by Crippen LogP contribution is -2.43. The molecule has 30 heavy (non-hydrogen) atoms. The molecule has 0 saturated heterocycles. The number of nitrogens with zero attached hydrogens (tertiary/aromatic N) is 2. The van der Waals surface area contributed by atoms with Crippen molar-refractivity contribution >= 4 is 34.7 Å². The van der Waals surface area contributed by atoms with E-state index in [1.54, 1.807) is 35.2 Å². The van der Waals surface area contributed by atoms with Crippen LogP contribution in [0.5, 0.6) is 0 Å². The lowest BCUT2D eigenvalue weighted by Gasteiger charge is -2.43. The minimum absolute atomic E-state index is 0.0177. The molecule has 0 radical (unpaired) electrons. The van der Waals surface area contributed by atoms with Crippen LogP contribution in [0.3, 0.4) is 0 Å². The maximum absolute atomic E-state index is 13.3. The molecule has 1 amide bonds. The molecule has 1 aliphatic carbocycles. The van der Waals surface area contributed by atoms with Crippen molar-refractivity contribution in [1.29, 1.82) is 0 Å². The number of hydrogen-bond acceptors (Lipinski definition) is 4. The van der Waals surface area contributed by atoms with Crippen molar-refractivity contribution < 1.29 is 14.5 Å². The molecular weight excluding hydrogens is 404 g/mol. The minimum atomic E-state index is -0.463. The number of ketones is 1. The van der Waals surface area contributed by atoms with E-state index in [-0.39, 0.29) is 29.2 Å². The van der Waals surface area contributed by atoms with Crippen LogP contribution in [0.2, 0.25) is 5.02 Å². The number of allylic oxidation sites excluding steroid dienone is 2. The molecule has 7 heteroatoms. The van der Waals surface area contributed by atoms with Crippen molar-refractivity contribution in [2.45, 2.75) is 39.0 Å². The Morgan fingerprint density at radius 1 is 1.10 bits per heavy atom. The van der Waals surface area contributed by atoms with Crippen molar-refractivity contribution in [3.63, 3.8) is 0 Å². The molecule has 2 aromatic carbocycles. The van der Waals surface area contributed by atoms with Gasteiger partial charge in [0.2, 0.25) is 5.91 Å². The second-order valence-electron chi connectivity index (χ2n) is 8.62. The highest BCUT2D eigenvalue weighted by atomic mass is 35.5. The fraction of sp³-hybridized carbons (Fsp3) is 0.304. The lowest BCUT2D eigenvalue weighted by molar-refractivity contribution is -0.384. The second kappa shape index (κ2) is 7.36. The summed E-state index contributed by atoms with van der Waals surface area (Å²) in [6.45, 7) is 4.04. The lowest BCUT2D eigenvalue weighted by atomic mass is 9.69. The topological polar surface area (TPSA) is 80.5 Å². The van der Waals surface area contributed by atoms with E-state index < -0.39 is 10.8 Å². The van der Waals surface area contributed by atoms with Gasteiger partial charge in [-0.05, 0) is 35.6 Å². The zero-order valence-electron chi connectivity index (χ0n) is 16.7. The summed E-state index contributed by atoms with van der Waals surface area (Å²) in [6, 6.07) is 13.2. The molecular formula is C23H21ClN2O4. The van der Waals surface area contributed by atoms with Crippen LogP contribution in [-0.2, 0) is 9.59 Å². The van der Waals surface area contributed by atoms with E-state index in [2.05, 4.69) is 0 Å². The fourth-order valence-electron chi connectivity index (χ4n) is 4.44. The van der Waals surface area contributed by atoms with Crippen LogP contribution in [0, 0.1) is 15.5 Å². The van der Waals surface area contributed by atoms with Crippen LogP contribution in [-0.4, -0.2) is 16.6 Å². The molecule has 0 spiro atoms. The summed E-state index contributed by atoms with van der Waals surface area (Å²) in [5, 5.41) is 11.5. The number of anilines is 1. The third kappa shape index (κ3) is 3.63. The van der Waals surface area contributed by atoms with Crippen molar-refractivity contribution in [1.82, 2.24) is 0 Å². The summed E-state index contributed by atoms with van der Waals surface area (Å²) in [6.07, 6.45) is 1.10. The third-order valence-corrected chi connectivity index (χ3v) is 5.95. The Bertz CT molecular complexity index is 1090. The Labute approximate surface area is 179 Å². The standard InChI is InChI=1S/C23H21ClN2O4/c1-23(2)12-19-22(20(27)13-23)18(14-6-8-16(9-7-14)26(29)30)11-21(28)25(19)17-5-3-4-15(24)10-17/h3-10,18H,11-13H2,1-2H3. The minimum Gasteiger partial charge on any atom is -0.294 e. The van der Waals surface area contributed by atoms with Gasteiger partial charge in [-0.2, -0.15) is 0 Å². The van der Waals surface area contributed by atoms with Gasteiger partial charge < -0.3 is 0 Å². The van der Waals surface area contributed by atoms with Crippen molar-refractivity contribution in [3.8, 4) is 0 Å². The van der Waals surface area contributed by atoms with E-state index >= 15 is 0 Å². The van der Waals surface area contributed by atoms with Crippen molar-refractivity contribution in [3.05, 3.63) is 80.5 Å². The highest BCUT2D eigenvalue weighted by molar-refractivity contribution is 6.31. The van der Waals surface area contributed by atoms with Gasteiger partial charge in [0.25, 0.3) is 5.69 Å². The Morgan fingerprint density at radius 2 is 1.80 bits per heavy atom. The molecule has 2 aromatic rings. The molecule has 1 heterocycles. The molecule has 154 valence electrons. The average Bonchev–Trinajstić information content (AvgIpc) is 2.66. The van der Waals surface area contributed by atoms with Gasteiger partial charge in [0, 0.05) is 47.2 Å². The first kappa shape index (κ1) is 20.3. The predicted octanol–water partition coefficient (Wildman–Crippen LogP) is 5.41. The molecule has 0 bridgehead atoms. The molecule has 0 fully saturated rings. The van der Waals surface area contributed by atoms with Gasteiger partial charge >= 0.3 is 0 Å². The van der Waals surface area contributed by atoms with Crippen LogP contribution in [0.1, 0.15) is 44.6 Å². The van der Waals surface area contributed by atoms with E-state index in [1.807, 2.05) is 19.9 Å². The number of halogens is 1. The first-order valence-corrected chi connectivity index (χ1v) is 10.1. The maximum atomic E-state index is 13.3. The molecule has 0 saturated carbocycles. The Kier molecular flexibility index (Phi) is 4.98. The predicted molar refractivity (Wildman–Crippen MR) is 114 cm³/mol. The van der Waals surface area contributed by atoms with Gasteiger partial charge in [-0.15, -0.1) is 0 Å². The largest absolute Gasteiger partial charge is 0.294 e. The summed E-state index contributed by atoms with van der Waals surface area (Å²) >= 11 is 6.16. The van der Waals surface area contributed by atoms with E-state index in [0.29, 0.717) is 34.8 Å². The first-order chi connectivity index (χ1) is 14.2. The normalized spacial score (nSPS) is 20.9. The Balaban J connectivity index is 1.86. The number of amides is 1. The van der Waals surface area contributed by atoms with Crippen molar-refractivity contribution in [2.24, 2.45) is 5.41 Å². The number of hydrogen-bond donors (Lipinski definition) is 0. The number of carbonyl (C=O) groups excluding carboxylic acids is 2. The van der Waals surface area contributed by atoms with Gasteiger partial charge in [-0.1, -0.05) is 43.6 Å². The Hall–Kier alpha value is -2.99. The van der Waals surface area contributed by atoms with E-state index in [4.69, 9.17) is 11.6 Å². The van der Waals surface area contributed by atoms with Crippen LogP contribution in [0.4, 0.5) is 11.4 Å². The first-order valence-electron chi connectivity index (χ1n) is 9.75. The summed E-state index contributed by atoms with van der Waals surface area (Å²) in [5.41, 5.74) is 2.42. The number of benzene rings is 2. The highest BCUT2D eigenvalue weighted by Crippen LogP contribution is 2.48. The molecule has 6 nitrogen and oxygen atoms in total. The smallest absolute Gasteiger partial charge is 0.269 e. The molecule has 2 aliphatic rings. The van der Waals surface area contributed by atoms with Crippen LogP contribution < -0.4 is 4.90 Å². The van der Waals surface area contributed by atoms with E-state index in [0.717, 1.165) is 5.56 Å². The molecule has 0 aromatic heterocycles. The molecule has 1 unspecified atom stereocenters. The number of nitro benzene ring substituents is 1. The van der Waals surface area contributed by atoms with Crippen LogP contribution >= 0.6 is 11.6 Å². The van der Waals surface area contributed by atoms with E-state index in [1.165, 1.54) is 12.1 Å². The number of carbonyl (C=O) groups is 2. The highest BCUT2D eigenvalue weighted by Gasteiger charge is 2.44. The molecule has 0 N–H and O–H groups in total. The van der Waals surface area contributed by atoms with Crippen LogP contribution in [0.15, 0.2) is 59.8 Å². The number of non-ortho nitro benzene ring substituents is 1. The van der Waals surface area contributed by atoms with Crippen LogP contribution in [0.25, 0.3) is 0 Å². The second-order valence-corrected chi connectivity index (χ2v) is 9.05. The zero-order chi connectivity index (χ0) is 21.6. The molecule has 1 atom stereocenters. The average molecular weight is 425 g/mol. The quantitative estimate of drug-likeness (QED) is 0.487. The third-order valence-electron chi connectivity index (χ3n) is 5.72. The molecule has 4 rings (SSSR count). The van der Waals surface area contributed by atoms with Crippen molar-refractivity contribution in [2.75, 3.05) is 4.90 Å². The number of Topliss-reactive ketones (excluding diaryl/α,β-unsaturated/α-hetero) is 1. The monoisotopic (exact) mass is 424 g/mol. The van der Waals surface area contributed by atoms with Gasteiger partial charge in [0.15, 0.2) is 5.78 Å². The summed E-state index contributed by atoms with van der Waals surface area (Å²) < 4.78 is 0. The fourth-order valence-corrected chi connectivity index (χ4v) is 4.63. The zero-order valence-corrected chi connectivity index (χ0v) is 17.5. The number of rotatable bonds is 3. The SMILES string of the molecule is CC1(C)CC(=O)C2=C(C1)N(c1cccc(Cl)c1)C(=O)CC2c1ccc([N+](=O)[O-])cc1. The van der Waals surface area contributed by atoms with Gasteiger partial charge in [0.05, 0.1) is 10.6 Å². The van der Waals surface area contributed by atoms with Gasteiger partial charge in [-0.25, -0.2) is 0 Å². The van der Waals surface area contributed by atoms with E-state index in [9.17, 15) is 19.7 Å². The number of nitro groups is 1. The molecule has 1 aliphatic heterocycles.